The second-order valence-electron chi connectivity index (χ2n) is 6.91. The molecule has 128 valence electrons. The summed E-state index contributed by atoms with van der Waals surface area (Å²) in [4.78, 5) is 11.7. The quantitative estimate of drug-likeness (QED) is 0.845. The first-order chi connectivity index (χ1) is 11.2. The minimum Gasteiger partial charge on any atom is -0.444 e. The molecule has 0 aliphatic rings. The third-order valence-electron chi connectivity index (χ3n) is 3.61. The molecule has 0 aromatic heterocycles. The van der Waals surface area contributed by atoms with E-state index in [0.29, 0.717) is 6.54 Å². The van der Waals surface area contributed by atoms with Crippen LogP contribution < -0.4 is 5.32 Å². The third kappa shape index (κ3) is 5.37. The normalized spacial score (nSPS) is 12.5. The molecule has 1 unspecified atom stereocenters. The number of ether oxygens (including phenoxy) is 1. The van der Waals surface area contributed by atoms with Crippen LogP contribution >= 0.6 is 0 Å². The van der Waals surface area contributed by atoms with Crippen LogP contribution in [0.5, 0.6) is 0 Å². The molecule has 3 nitrogen and oxygen atoms in total. The topological polar surface area (TPSA) is 38.3 Å². The van der Waals surface area contributed by atoms with Gasteiger partial charge in [0.2, 0.25) is 0 Å². The molecule has 2 aromatic carbocycles. The number of carbonyl (C=O) groups excluding carboxylic acids is 1. The Morgan fingerprint density at radius 1 is 1.04 bits per heavy atom. The molecular weight excluding hydrogens is 305 g/mol. The van der Waals surface area contributed by atoms with Crippen molar-refractivity contribution < 1.29 is 13.9 Å². The first-order valence-electron chi connectivity index (χ1n) is 8.07. The highest BCUT2D eigenvalue weighted by Crippen LogP contribution is 2.23. The SMILES string of the molecule is CC(CNC(=O)OC(C)(C)C)c1ccc(-c2ccc(F)cc2)cc1. The van der Waals surface area contributed by atoms with Crippen LogP contribution in [0.1, 0.15) is 39.2 Å². The Balaban J connectivity index is 1.95. The number of nitrogens with one attached hydrogen (secondary N) is 1. The van der Waals surface area contributed by atoms with Gasteiger partial charge in [-0.2, -0.15) is 0 Å². The summed E-state index contributed by atoms with van der Waals surface area (Å²) in [6.45, 7) is 8.06. The molecule has 0 bridgehead atoms. The van der Waals surface area contributed by atoms with E-state index in [1.165, 1.54) is 12.1 Å². The van der Waals surface area contributed by atoms with Crippen LogP contribution in [0, 0.1) is 5.82 Å². The van der Waals surface area contributed by atoms with Gasteiger partial charge in [0.05, 0.1) is 0 Å². The molecule has 0 heterocycles. The van der Waals surface area contributed by atoms with Crippen molar-refractivity contribution in [3.05, 3.63) is 59.9 Å². The number of halogens is 1. The highest BCUT2D eigenvalue weighted by atomic mass is 19.1. The fraction of sp³-hybridized carbons (Fsp3) is 0.350. The first-order valence-corrected chi connectivity index (χ1v) is 8.07. The average Bonchev–Trinajstić information content (AvgIpc) is 2.52. The maximum Gasteiger partial charge on any atom is 0.407 e. The van der Waals surface area contributed by atoms with Gasteiger partial charge in [-0.25, -0.2) is 9.18 Å². The largest absolute Gasteiger partial charge is 0.444 e. The van der Waals surface area contributed by atoms with Crippen LogP contribution in [-0.4, -0.2) is 18.2 Å². The summed E-state index contributed by atoms with van der Waals surface area (Å²) in [7, 11) is 0. The van der Waals surface area contributed by atoms with Crippen LogP contribution in [0.15, 0.2) is 48.5 Å². The molecule has 1 atom stereocenters. The summed E-state index contributed by atoms with van der Waals surface area (Å²) in [5, 5.41) is 2.79. The Morgan fingerprint density at radius 3 is 2.04 bits per heavy atom. The van der Waals surface area contributed by atoms with Gasteiger partial charge in [0.1, 0.15) is 11.4 Å². The number of amides is 1. The molecule has 4 heteroatoms. The molecular formula is C20H24FNO2. The fourth-order valence-electron chi connectivity index (χ4n) is 2.31. The van der Waals surface area contributed by atoms with Crippen molar-refractivity contribution in [1.29, 1.82) is 0 Å². The number of rotatable bonds is 4. The van der Waals surface area contributed by atoms with Crippen molar-refractivity contribution in [1.82, 2.24) is 5.32 Å². The maximum atomic E-state index is 13.0. The van der Waals surface area contributed by atoms with Gasteiger partial charge in [0, 0.05) is 6.54 Å². The van der Waals surface area contributed by atoms with Gasteiger partial charge in [-0.05, 0) is 55.5 Å². The van der Waals surface area contributed by atoms with Crippen molar-refractivity contribution in [3.63, 3.8) is 0 Å². The molecule has 1 amide bonds. The van der Waals surface area contributed by atoms with E-state index in [-0.39, 0.29) is 11.7 Å². The Labute approximate surface area is 142 Å². The van der Waals surface area contributed by atoms with Crippen molar-refractivity contribution in [2.24, 2.45) is 0 Å². The van der Waals surface area contributed by atoms with Crippen molar-refractivity contribution in [3.8, 4) is 11.1 Å². The molecule has 1 N–H and O–H groups in total. The molecule has 0 spiro atoms. The zero-order valence-corrected chi connectivity index (χ0v) is 14.6. The van der Waals surface area contributed by atoms with Gasteiger partial charge in [-0.15, -0.1) is 0 Å². The minimum atomic E-state index is -0.496. The standard InChI is InChI=1S/C20H24FNO2/c1-14(13-22-19(23)24-20(2,3)4)15-5-7-16(8-6-15)17-9-11-18(21)12-10-17/h5-12,14H,13H2,1-4H3,(H,22,23). The van der Waals surface area contributed by atoms with E-state index in [9.17, 15) is 9.18 Å². The molecule has 2 aromatic rings. The number of alkyl carbamates (subject to hydrolysis) is 1. The lowest BCUT2D eigenvalue weighted by Gasteiger charge is -2.21. The van der Waals surface area contributed by atoms with E-state index in [1.54, 1.807) is 12.1 Å². The monoisotopic (exact) mass is 329 g/mol. The summed E-state index contributed by atoms with van der Waals surface area (Å²) in [5.41, 5.74) is 2.63. The molecule has 0 radical (unpaired) electrons. The van der Waals surface area contributed by atoms with Gasteiger partial charge < -0.3 is 10.1 Å². The first kappa shape index (κ1) is 18.0. The van der Waals surface area contributed by atoms with E-state index >= 15 is 0 Å². The Bertz CT molecular complexity index is 672. The summed E-state index contributed by atoms with van der Waals surface area (Å²) in [5.74, 6) is -0.0722. The second-order valence-corrected chi connectivity index (χ2v) is 6.91. The van der Waals surface area contributed by atoms with Crippen LogP contribution in [0.3, 0.4) is 0 Å². The van der Waals surface area contributed by atoms with Gasteiger partial charge >= 0.3 is 6.09 Å². The van der Waals surface area contributed by atoms with E-state index in [0.717, 1.165) is 16.7 Å². The number of carbonyl (C=O) groups is 1. The second kappa shape index (κ2) is 7.47. The van der Waals surface area contributed by atoms with Crippen molar-refractivity contribution in [2.45, 2.75) is 39.2 Å². The van der Waals surface area contributed by atoms with Gasteiger partial charge in [0.15, 0.2) is 0 Å². The third-order valence-corrected chi connectivity index (χ3v) is 3.61. The summed E-state index contributed by atoms with van der Waals surface area (Å²) < 4.78 is 18.2. The highest BCUT2D eigenvalue weighted by molar-refractivity contribution is 5.67. The number of benzene rings is 2. The maximum absolute atomic E-state index is 13.0. The number of hydrogen-bond donors (Lipinski definition) is 1. The van der Waals surface area contributed by atoms with Crippen LogP contribution in [-0.2, 0) is 4.74 Å². The Kier molecular flexibility index (Phi) is 5.60. The number of hydrogen-bond acceptors (Lipinski definition) is 2. The van der Waals surface area contributed by atoms with Crippen LogP contribution in [0.2, 0.25) is 0 Å². The van der Waals surface area contributed by atoms with Gasteiger partial charge in [0.25, 0.3) is 0 Å². The lowest BCUT2D eigenvalue weighted by atomic mass is 9.97. The van der Waals surface area contributed by atoms with Gasteiger partial charge in [-0.3, -0.25) is 0 Å². The van der Waals surface area contributed by atoms with E-state index in [2.05, 4.69) is 5.32 Å². The van der Waals surface area contributed by atoms with Crippen LogP contribution in [0.4, 0.5) is 9.18 Å². The predicted octanol–water partition coefficient (Wildman–Crippen LogP) is 5.12. The average molecular weight is 329 g/mol. The predicted molar refractivity (Wildman–Crippen MR) is 94.5 cm³/mol. The summed E-state index contributed by atoms with van der Waals surface area (Å²) >= 11 is 0. The molecule has 2 rings (SSSR count). The molecule has 0 fully saturated rings. The zero-order chi connectivity index (χ0) is 17.7. The smallest absolute Gasteiger partial charge is 0.407 e. The molecule has 0 saturated heterocycles. The Hall–Kier alpha value is -2.36. The Morgan fingerprint density at radius 2 is 1.54 bits per heavy atom. The molecule has 0 aliphatic carbocycles. The lowest BCUT2D eigenvalue weighted by molar-refractivity contribution is 0.0525. The fourth-order valence-corrected chi connectivity index (χ4v) is 2.31. The molecule has 24 heavy (non-hydrogen) atoms. The van der Waals surface area contributed by atoms with Gasteiger partial charge in [-0.1, -0.05) is 43.3 Å². The van der Waals surface area contributed by atoms with E-state index < -0.39 is 11.7 Å². The zero-order valence-electron chi connectivity index (χ0n) is 14.6. The summed E-state index contributed by atoms with van der Waals surface area (Å²) in [6, 6.07) is 14.5. The summed E-state index contributed by atoms with van der Waals surface area (Å²) in [6.07, 6.45) is -0.405. The van der Waals surface area contributed by atoms with Crippen molar-refractivity contribution in [2.75, 3.05) is 6.54 Å². The lowest BCUT2D eigenvalue weighted by Crippen LogP contribution is -2.34. The van der Waals surface area contributed by atoms with Crippen molar-refractivity contribution >= 4 is 6.09 Å². The highest BCUT2D eigenvalue weighted by Gasteiger charge is 2.16. The minimum absolute atomic E-state index is 0.166. The molecule has 0 saturated carbocycles. The van der Waals surface area contributed by atoms with Crippen LogP contribution in [0.25, 0.3) is 11.1 Å². The van der Waals surface area contributed by atoms with E-state index in [1.807, 2.05) is 52.0 Å². The molecule has 0 aliphatic heterocycles. The van der Waals surface area contributed by atoms with E-state index in [4.69, 9.17) is 4.74 Å².